The van der Waals surface area contributed by atoms with Gasteiger partial charge < -0.3 is 9.64 Å². The molecule has 0 unspecified atom stereocenters. The Balaban J connectivity index is 1.66. The number of esters is 1. The summed E-state index contributed by atoms with van der Waals surface area (Å²) >= 11 is 12.2. The van der Waals surface area contributed by atoms with Gasteiger partial charge in [0.05, 0.1) is 21.7 Å². The summed E-state index contributed by atoms with van der Waals surface area (Å²) in [5.41, 5.74) is 1.96. The predicted molar refractivity (Wildman–Crippen MR) is 108 cm³/mol. The first-order valence-electron chi connectivity index (χ1n) is 8.83. The molecule has 1 heterocycles. The molecule has 28 heavy (non-hydrogen) atoms. The van der Waals surface area contributed by atoms with Crippen molar-refractivity contribution in [2.75, 3.05) is 11.4 Å². The van der Waals surface area contributed by atoms with E-state index in [1.807, 2.05) is 19.1 Å². The molecular weight excluding hydrogens is 401 g/mol. The zero-order valence-electron chi connectivity index (χ0n) is 15.4. The van der Waals surface area contributed by atoms with Crippen LogP contribution in [0, 0.1) is 12.8 Å². The van der Waals surface area contributed by atoms with Gasteiger partial charge in [0.15, 0.2) is 6.10 Å². The highest BCUT2D eigenvalue weighted by atomic mass is 35.5. The number of amides is 1. The van der Waals surface area contributed by atoms with Gasteiger partial charge in [-0.15, -0.1) is 0 Å². The summed E-state index contributed by atoms with van der Waals surface area (Å²) in [6.45, 7) is 3.58. The molecule has 1 saturated heterocycles. The second-order valence-electron chi connectivity index (χ2n) is 6.79. The quantitative estimate of drug-likeness (QED) is 0.529. The van der Waals surface area contributed by atoms with Gasteiger partial charge in [0, 0.05) is 18.5 Å². The molecule has 0 saturated carbocycles. The van der Waals surface area contributed by atoms with Crippen LogP contribution in [0.4, 0.5) is 5.69 Å². The number of ether oxygens (including phenoxy) is 1. The standard InChI is InChI=1S/C21H19Cl2NO4/c1-12-6-8-14(9-7-12)20(26)13(2)28-21(27)15-10-18(25)24(11-15)17-5-3-4-16(22)19(17)23/h3-9,13,15H,10-11H2,1-2H3/t13-,15-/m0/s1. The fourth-order valence-corrected chi connectivity index (χ4v) is 3.47. The second-order valence-corrected chi connectivity index (χ2v) is 7.57. The second kappa shape index (κ2) is 8.33. The average Bonchev–Trinajstić information content (AvgIpc) is 3.05. The number of carbonyl (C=O) groups excluding carboxylic acids is 3. The smallest absolute Gasteiger partial charge is 0.312 e. The number of aryl methyl sites for hydroxylation is 1. The molecule has 0 aromatic heterocycles. The molecule has 146 valence electrons. The molecule has 2 atom stereocenters. The van der Waals surface area contributed by atoms with Crippen molar-refractivity contribution in [3.05, 3.63) is 63.6 Å². The minimum Gasteiger partial charge on any atom is -0.454 e. The molecular formula is C21H19Cl2NO4. The van der Waals surface area contributed by atoms with E-state index in [0.717, 1.165) is 5.56 Å². The average molecular weight is 420 g/mol. The third-order valence-electron chi connectivity index (χ3n) is 4.68. The monoisotopic (exact) mass is 419 g/mol. The van der Waals surface area contributed by atoms with Gasteiger partial charge in [-0.05, 0) is 26.0 Å². The van der Waals surface area contributed by atoms with Crippen molar-refractivity contribution in [1.29, 1.82) is 0 Å². The van der Waals surface area contributed by atoms with Gasteiger partial charge in [0.25, 0.3) is 0 Å². The van der Waals surface area contributed by atoms with Crippen LogP contribution >= 0.6 is 23.2 Å². The molecule has 1 amide bonds. The maximum absolute atomic E-state index is 12.5. The van der Waals surface area contributed by atoms with Gasteiger partial charge in [0.1, 0.15) is 0 Å². The number of halogens is 2. The number of Topliss-reactive ketones (excluding diaryl/α,β-unsaturated/α-hetero) is 1. The summed E-state index contributed by atoms with van der Waals surface area (Å²) in [5.74, 6) is -1.78. The molecule has 0 radical (unpaired) electrons. The van der Waals surface area contributed by atoms with Gasteiger partial charge >= 0.3 is 5.97 Å². The van der Waals surface area contributed by atoms with Crippen molar-refractivity contribution >= 4 is 46.5 Å². The van der Waals surface area contributed by atoms with Crippen LogP contribution in [0.3, 0.4) is 0 Å². The lowest BCUT2D eigenvalue weighted by Crippen LogP contribution is -2.30. The largest absolute Gasteiger partial charge is 0.454 e. The topological polar surface area (TPSA) is 63.7 Å². The minimum atomic E-state index is -0.936. The van der Waals surface area contributed by atoms with E-state index in [1.54, 1.807) is 30.3 Å². The molecule has 3 rings (SSSR count). The van der Waals surface area contributed by atoms with E-state index in [-0.39, 0.29) is 29.7 Å². The minimum absolute atomic E-state index is 0.00683. The summed E-state index contributed by atoms with van der Waals surface area (Å²) < 4.78 is 5.34. The van der Waals surface area contributed by atoms with E-state index < -0.39 is 18.0 Å². The zero-order chi connectivity index (χ0) is 20.4. The van der Waals surface area contributed by atoms with E-state index in [0.29, 0.717) is 16.3 Å². The van der Waals surface area contributed by atoms with Gasteiger partial charge in [0.2, 0.25) is 11.7 Å². The van der Waals surface area contributed by atoms with E-state index in [1.165, 1.54) is 11.8 Å². The van der Waals surface area contributed by atoms with Crippen molar-refractivity contribution in [3.63, 3.8) is 0 Å². The van der Waals surface area contributed by atoms with Crippen LogP contribution in [-0.2, 0) is 14.3 Å². The maximum Gasteiger partial charge on any atom is 0.312 e. The number of carbonyl (C=O) groups is 3. The third-order valence-corrected chi connectivity index (χ3v) is 5.49. The third kappa shape index (κ3) is 4.21. The molecule has 0 bridgehead atoms. The Bertz CT molecular complexity index is 927. The first-order valence-corrected chi connectivity index (χ1v) is 9.59. The van der Waals surface area contributed by atoms with Crippen LogP contribution < -0.4 is 4.90 Å². The summed E-state index contributed by atoms with van der Waals surface area (Å²) in [7, 11) is 0. The van der Waals surface area contributed by atoms with E-state index in [2.05, 4.69) is 0 Å². The first kappa shape index (κ1) is 20.4. The molecule has 0 aliphatic carbocycles. The Kier molecular flexibility index (Phi) is 6.06. The molecule has 1 fully saturated rings. The summed E-state index contributed by atoms with van der Waals surface area (Å²) in [5, 5.41) is 0.588. The van der Waals surface area contributed by atoms with E-state index in [4.69, 9.17) is 27.9 Å². The number of benzene rings is 2. The molecule has 1 aliphatic heterocycles. The number of ketones is 1. The molecule has 0 N–H and O–H groups in total. The lowest BCUT2D eigenvalue weighted by Gasteiger charge is -2.19. The molecule has 2 aromatic carbocycles. The van der Waals surface area contributed by atoms with Gasteiger partial charge in [-0.25, -0.2) is 0 Å². The molecule has 1 aliphatic rings. The van der Waals surface area contributed by atoms with Crippen LogP contribution in [-0.4, -0.2) is 30.3 Å². The van der Waals surface area contributed by atoms with Crippen LogP contribution in [0.25, 0.3) is 0 Å². The highest BCUT2D eigenvalue weighted by Crippen LogP contribution is 2.36. The van der Waals surface area contributed by atoms with E-state index >= 15 is 0 Å². The van der Waals surface area contributed by atoms with Crippen LogP contribution in [0.15, 0.2) is 42.5 Å². The van der Waals surface area contributed by atoms with Gasteiger partial charge in [-0.3, -0.25) is 14.4 Å². The van der Waals surface area contributed by atoms with Crippen LogP contribution in [0.1, 0.15) is 29.3 Å². The van der Waals surface area contributed by atoms with Crippen molar-refractivity contribution in [1.82, 2.24) is 0 Å². The SMILES string of the molecule is Cc1ccc(C(=O)[C@H](C)OC(=O)[C@H]2CC(=O)N(c3cccc(Cl)c3Cl)C2)cc1. The zero-order valence-corrected chi connectivity index (χ0v) is 17.0. The Morgan fingerprint density at radius 2 is 1.82 bits per heavy atom. The van der Waals surface area contributed by atoms with Crippen LogP contribution in [0.2, 0.25) is 10.0 Å². The molecule has 2 aromatic rings. The lowest BCUT2D eigenvalue weighted by molar-refractivity contribution is -0.151. The fourth-order valence-electron chi connectivity index (χ4n) is 3.08. The number of hydrogen-bond donors (Lipinski definition) is 0. The van der Waals surface area contributed by atoms with Gasteiger partial charge in [-0.2, -0.15) is 0 Å². The Hall–Kier alpha value is -2.37. The first-order chi connectivity index (χ1) is 13.3. The summed E-state index contributed by atoms with van der Waals surface area (Å²) in [6, 6.07) is 12.0. The normalized spacial score (nSPS) is 17.5. The fraction of sp³-hybridized carbons (Fsp3) is 0.286. The highest BCUT2D eigenvalue weighted by molar-refractivity contribution is 6.44. The highest BCUT2D eigenvalue weighted by Gasteiger charge is 2.38. The van der Waals surface area contributed by atoms with Crippen LogP contribution in [0.5, 0.6) is 0 Å². The van der Waals surface area contributed by atoms with Gasteiger partial charge in [-0.1, -0.05) is 59.1 Å². The summed E-state index contributed by atoms with van der Waals surface area (Å²) in [6.07, 6.45) is -0.943. The maximum atomic E-state index is 12.5. The van der Waals surface area contributed by atoms with E-state index in [9.17, 15) is 14.4 Å². The van der Waals surface area contributed by atoms with Crippen molar-refractivity contribution in [3.8, 4) is 0 Å². The molecule has 5 nitrogen and oxygen atoms in total. The lowest BCUT2D eigenvalue weighted by atomic mass is 10.1. The van der Waals surface area contributed by atoms with Crippen molar-refractivity contribution < 1.29 is 19.1 Å². The molecule has 7 heteroatoms. The predicted octanol–water partition coefficient (Wildman–Crippen LogP) is 4.47. The summed E-state index contributed by atoms with van der Waals surface area (Å²) in [4.78, 5) is 38.8. The number of hydrogen-bond acceptors (Lipinski definition) is 4. The van der Waals surface area contributed by atoms with Crippen molar-refractivity contribution in [2.45, 2.75) is 26.4 Å². The number of nitrogens with zero attached hydrogens (tertiary/aromatic N) is 1. The Labute approximate surface area is 173 Å². The Morgan fingerprint density at radius 3 is 2.50 bits per heavy atom. The van der Waals surface area contributed by atoms with Crippen molar-refractivity contribution in [2.24, 2.45) is 5.92 Å². The number of rotatable bonds is 5. The Morgan fingerprint density at radius 1 is 1.14 bits per heavy atom. The number of anilines is 1. The molecule has 0 spiro atoms.